The van der Waals surface area contributed by atoms with Crippen molar-refractivity contribution in [2.75, 3.05) is 12.3 Å². The molecule has 10 heteroatoms. The molecule has 9 nitrogen and oxygen atoms in total. The van der Waals surface area contributed by atoms with Gasteiger partial charge in [0.15, 0.2) is 0 Å². The van der Waals surface area contributed by atoms with Crippen LogP contribution in [-0.2, 0) is 19.2 Å². The number of thiol groups is 1. The van der Waals surface area contributed by atoms with Gasteiger partial charge in [0.05, 0.1) is 6.42 Å². The fourth-order valence-electron chi connectivity index (χ4n) is 1.29. The number of nitrogens with one attached hydrogen (secondary N) is 2. The number of carbonyl (C=O) groups is 4. The number of hydrogen-bond donors (Lipinski definition) is 6. The van der Waals surface area contributed by atoms with Crippen molar-refractivity contribution in [2.45, 2.75) is 31.3 Å². The van der Waals surface area contributed by atoms with Crippen LogP contribution in [0.4, 0.5) is 0 Å². The molecule has 0 fully saturated rings. The Morgan fingerprint density at radius 2 is 1.76 bits per heavy atom. The summed E-state index contributed by atoms with van der Waals surface area (Å²) in [4.78, 5) is 44.0. The van der Waals surface area contributed by atoms with Gasteiger partial charge in [-0.1, -0.05) is 0 Å². The molecular weight excluding hydrogens is 302 g/mol. The lowest BCUT2D eigenvalue weighted by atomic mass is 10.1. The van der Waals surface area contributed by atoms with Crippen LogP contribution in [0.1, 0.15) is 19.3 Å². The van der Waals surface area contributed by atoms with Gasteiger partial charge >= 0.3 is 11.9 Å². The Bertz CT molecular complexity index is 403. The van der Waals surface area contributed by atoms with Gasteiger partial charge in [0.25, 0.3) is 0 Å². The highest BCUT2D eigenvalue weighted by Crippen LogP contribution is 1.97. The van der Waals surface area contributed by atoms with E-state index in [1.807, 2.05) is 0 Å². The summed E-state index contributed by atoms with van der Waals surface area (Å²) in [6.07, 6.45) is -0.423. The summed E-state index contributed by atoms with van der Waals surface area (Å²) in [7, 11) is 0. The van der Waals surface area contributed by atoms with E-state index in [1.165, 1.54) is 0 Å². The Labute approximate surface area is 126 Å². The van der Waals surface area contributed by atoms with E-state index in [0.29, 0.717) is 0 Å². The Morgan fingerprint density at radius 1 is 1.14 bits per heavy atom. The van der Waals surface area contributed by atoms with Crippen LogP contribution in [0.15, 0.2) is 0 Å². The van der Waals surface area contributed by atoms with Crippen LogP contribution < -0.4 is 16.4 Å². The molecule has 0 saturated heterocycles. The average Bonchev–Trinajstić information content (AvgIpc) is 2.41. The van der Waals surface area contributed by atoms with Gasteiger partial charge in [0, 0.05) is 18.7 Å². The summed E-state index contributed by atoms with van der Waals surface area (Å²) in [5.41, 5.74) is 5.25. The van der Waals surface area contributed by atoms with E-state index in [0.717, 1.165) is 0 Å². The van der Waals surface area contributed by atoms with Crippen LogP contribution in [0, 0.1) is 0 Å². The van der Waals surface area contributed by atoms with Crippen LogP contribution >= 0.6 is 12.6 Å². The predicted molar refractivity (Wildman–Crippen MR) is 75.9 cm³/mol. The van der Waals surface area contributed by atoms with E-state index in [1.54, 1.807) is 0 Å². The molecule has 0 rings (SSSR count). The minimum absolute atomic E-state index is 0.0234. The smallest absolute Gasteiger partial charge is 0.320 e. The molecule has 0 radical (unpaired) electrons. The number of aliphatic carboxylic acids is 2. The summed E-state index contributed by atoms with van der Waals surface area (Å²) >= 11 is 3.92. The molecular formula is C11H19N3O6S. The molecule has 0 aliphatic heterocycles. The van der Waals surface area contributed by atoms with Gasteiger partial charge in [-0.15, -0.1) is 0 Å². The second kappa shape index (κ2) is 10.00. The fraction of sp³-hybridized carbons (Fsp3) is 0.636. The first-order valence-electron chi connectivity index (χ1n) is 6.16. The van der Waals surface area contributed by atoms with Crippen LogP contribution in [0.2, 0.25) is 0 Å². The maximum absolute atomic E-state index is 11.7. The topological polar surface area (TPSA) is 159 Å². The highest BCUT2D eigenvalue weighted by Gasteiger charge is 2.20. The van der Waals surface area contributed by atoms with Crippen molar-refractivity contribution in [1.29, 1.82) is 0 Å². The third-order valence-electron chi connectivity index (χ3n) is 2.47. The van der Waals surface area contributed by atoms with Crippen LogP contribution in [0.25, 0.3) is 0 Å². The minimum Gasteiger partial charge on any atom is -0.481 e. The van der Waals surface area contributed by atoms with Gasteiger partial charge in [-0.25, -0.2) is 0 Å². The van der Waals surface area contributed by atoms with E-state index >= 15 is 0 Å². The zero-order valence-electron chi connectivity index (χ0n) is 11.2. The lowest BCUT2D eigenvalue weighted by Gasteiger charge is -2.16. The zero-order valence-corrected chi connectivity index (χ0v) is 12.1. The standard InChI is InChI=1S/C11H19N3O6S/c12-6(11(19)20)1-2-8(15)14-7(5-21)10(18)13-4-3-9(16)17/h6-7,21H,1-5,12H2,(H,13,18)(H,14,15)(H,16,17)(H,19,20). The number of rotatable bonds is 10. The van der Waals surface area contributed by atoms with Crippen LogP contribution in [0.3, 0.4) is 0 Å². The van der Waals surface area contributed by atoms with Gasteiger partial charge in [-0.2, -0.15) is 12.6 Å². The number of hydrogen-bond acceptors (Lipinski definition) is 6. The van der Waals surface area contributed by atoms with Crippen molar-refractivity contribution in [2.24, 2.45) is 5.73 Å². The molecule has 0 aliphatic rings. The maximum Gasteiger partial charge on any atom is 0.320 e. The first-order valence-corrected chi connectivity index (χ1v) is 6.79. The Hall–Kier alpha value is -1.81. The number of nitrogens with two attached hydrogens (primary N) is 1. The number of amides is 2. The summed E-state index contributed by atoms with van der Waals surface area (Å²) in [6, 6.07) is -2.06. The highest BCUT2D eigenvalue weighted by molar-refractivity contribution is 7.80. The van der Waals surface area contributed by atoms with E-state index < -0.39 is 35.8 Å². The average molecular weight is 321 g/mol. The molecule has 6 N–H and O–H groups in total. The monoisotopic (exact) mass is 321 g/mol. The van der Waals surface area contributed by atoms with Crippen molar-refractivity contribution in [3.8, 4) is 0 Å². The van der Waals surface area contributed by atoms with Gasteiger partial charge in [-0.3, -0.25) is 19.2 Å². The Balaban J connectivity index is 4.17. The number of carboxylic acid groups (broad SMARTS) is 2. The van der Waals surface area contributed by atoms with E-state index in [2.05, 4.69) is 23.3 Å². The molecule has 0 saturated carbocycles. The highest BCUT2D eigenvalue weighted by atomic mass is 32.1. The second-order valence-corrected chi connectivity index (χ2v) is 4.59. The Morgan fingerprint density at radius 3 is 2.24 bits per heavy atom. The summed E-state index contributed by atoms with van der Waals surface area (Å²) < 4.78 is 0. The zero-order chi connectivity index (χ0) is 16.4. The third kappa shape index (κ3) is 8.87. The van der Waals surface area contributed by atoms with Crippen molar-refractivity contribution < 1.29 is 29.4 Å². The first kappa shape index (κ1) is 19.2. The van der Waals surface area contributed by atoms with E-state index in [4.69, 9.17) is 15.9 Å². The third-order valence-corrected chi connectivity index (χ3v) is 2.84. The Kier molecular flexibility index (Phi) is 9.13. The van der Waals surface area contributed by atoms with Crippen molar-refractivity contribution in [3.63, 3.8) is 0 Å². The molecule has 0 spiro atoms. The molecule has 0 aromatic heterocycles. The second-order valence-electron chi connectivity index (χ2n) is 4.22. The van der Waals surface area contributed by atoms with Gasteiger partial charge in [-0.05, 0) is 6.42 Å². The van der Waals surface area contributed by atoms with E-state index in [9.17, 15) is 19.2 Å². The van der Waals surface area contributed by atoms with E-state index in [-0.39, 0.29) is 31.6 Å². The largest absolute Gasteiger partial charge is 0.481 e. The molecule has 0 bridgehead atoms. The van der Waals surface area contributed by atoms with Crippen molar-refractivity contribution in [1.82, 2.24) is 10.6 Å². The van der Waals surface area contributed by atoms with Crippen molar-refractivity contribution >= 4 is 36.4 Å². The molecule has 0 aromatic rings. The molecule has 0 aromatic carbocycles. The first-order chi connectivity index (χ1) is 9.77. The van der Waals surface area contributed by atoms with Crippen LogP contribution in [0.5, 0.6) is 0 Å². The summed E-state index contributed by atoms with van der Waals surface area (Å²) in [5, 5.41) is 21.7. The lowest BCUT2D eigenvalue weighted by Crippen LogP contribution is -2.48. The minimum atomic E-state index is -1.21. The fourth-order valence-corrected chi connectivity index (χ4v) is 1.54. The normalized spacial score (nSPS) is 13.0. The summed E-state index contributed by atoms with van der Waals surface area (Å²) in [6.45, 7) is -0.0573. The molecule has 2 amide bonds. The predicted octanol–water partition coefficient (Wildman–Crippen LogP) is -1.82. The van der Waals surface area contributed by atoms with Gasteiger partial charge in [0.1, 0.15) is 12.1 Å². The van der Waals surface area contributed by atoms with Crippen molar-refractivity contribution in [3.05, 3.63) is 0 Å². The molecule has 21 heavy (non-hydrogen) atoms. The lowest BCUT2D eigenvalue weighted by molar-refractivity contribution is -0.139. The molecule has 2 unspecified atom stereocenters. The number of carboxylic acids is 2. The SMILES string of the molecule is NC(CCC(=O)NC(CS)C(=O)NCCC(=O)O)C(=O)O. The maximum atomic E-state index is 11.7. The molecule has 0 aliphatic carbocycles. The van der Waals surface area contributed by atoms with Gasteiger partial charge in [0.2, 0.25) is 11.8 Å². The molecule has 120 valence electrons. The summed E-state index contributed by atoms with van der Waals surface area (Å²) in [5.74, 6) is -3.32. The molecule has 0 heterocycles. The number of carbonyl (C=O) groups excluding carboxylic acids is 2. The molecule has 2 atom stereocenters. The quantitative estimate of drug-likeness (QED) is 0.258. The van der Waals surface area contributed by atoms with Crippen LogP contribution in [-0.4, -0.2) is 58.3 Å². The van der Waals surface area contributed by atoms with Gasteiger partial charge < -0.3 is 26.6 Å².